The average Bonchev–Trinajstić information content (AvgIpc) is 2.39. The van der Waals surface area contributed by atoms with Crippen molar-refractivity contribution in [2.24, 2.45) is 5.73 Å². The third kappa shape index (κ3) is 6.57. The predicted octanol–water partition coefficient (Wildman–Crippen LogP) is 2.09. The third-order valence-corrected chi connectivity index (χ3v) is 3.03. The van der Waals surface area contributed by atoms with Crippen molar-refractivity contribution in [3.8, 4) is 5.75 Å². The fourth-order valence-electron chi connectivity index (χ4n) is 1.79. The van der Waals surface area contributed by atoms with Crippen molar-refractivity contribution < 1.29 is 14.6 Å². The van der Waals surface area contributed by atoms with Gasteiger partial charge in [-0.15, -0.1) is 0 Å². The second-order valence-electron chi connectivity index (χ2n) is 5.09. The number of rotatable bonds is 9. The summed E-state index contributed by atoms with van der Waals surface area (Å²) in [6.07, 6.45) is 2.52. The minimum Gasteiger partial charge on any atom is -0.494 e. The van der Waals surface area contributed by atoms with E-state index in [1.165, 1.54) is 0 Å². The molecule has 3 N–H and O–H groups in total. The van der Waals surface area contributed by atoms with Crippen LogP contribution < -0.4 is 10.5 Å². The molecular formula is C15H25NO3. The van der Waals surface area contributed by atoms with E-state index < -0.39 is 5.60 Å². The van der Waals surface area contributed by atoms with E-state index >= 15 is 0 Å². The Balaban J connectivity index is 2.24. The Hall–Kier alpha value is -1.10. The Kier molecular flexibility index (Phi) is 6.84. The monoisotopic (exact) mass is 267 g/mol. The van der Waals surface area contributed by atoms with E-state index in [-0.39, 0.29) is 0 Å². The maximum Gasteiger partial charge on any atom is 0.119 e. The molecule has 4 nitrogen and oxygen atoms in total. The smallest absolute Gasteiger partial charge is 0.119 e. The summed E-state index contributed by atoms with van der Waals surface area (Å²) in [5, 5.41) is 9.76. The molecule has 0 aliphatic carbocycles. The van der Waals surface area contributed by atoms with Crippen LogP contribution in [0.4, 0.5) is 0 Å². The molecule has 0 saturated carbocycles. The number of nitrogens with two attached hydrogens (primary N) is 1. The second kappa shape index (κ2) is 8.15. The summed E-state index contributed by atoms with van der Waals surface area (Å²) in [6.45, 7) is 3.31. The molecule has 0 spiro atoms. The highest BCUT2D eigenvalue weighted by Crippen LogP contribution is 2.16. The molecule has 4 heteroatoms. The quantitative estimate of drug-likeness (QED) is 0.672. The first-order valence-corrected chi connectivity index (χ1v) is 6.70. The molecule has 19 heavy (non-hydrogen) atoms. The van der Waals surface area contributed by atoms with Gasteiger partial charge in [-0.05, 0) is 43.9 Å². The van der Waals surface area contributed by atoms with Crippen molar-refractivity contribution in [2.45, 2.75) is 38.4 Å². The molecule has 0 aliphatic heterocycles. The summed E-state index contributed by atoms with van der Waals surface area (Å²) in [5.41, 5.74) is 5.82. The van der Waals surface area contributed by atoms with Crippen LogP contribution in [0.5, 0.6) is 5.75 Å². The first-order valence-electron chi connectivity index (χ1n) is 6.70. The van der Waals surface area contributed by atoms with Gasteiger partial charge in [-0.1, -0.05) is 12.1 Å². The van der Waals surface area contributed by atoms with Gasteiger partial charge in [0, 0.05) is 13.7 Å². The third-order valence-electron chi connectivity index (χ3n) is 3.03. The molecule has 1 rings (SSSR count). The van der Waals surface area contributed by atoms with Crippen molar-refractivity contribution in [3.63, 3.8) is 0 Å². The molecule has 0 heterocycles. The number of methoxy groups -OCH3 is 1. The number of unbranched alkanes of at least 4 members (excludes halogenated alkanes) is 1. The highest BCUT2D eigenvalue weighted by Gasteiger charge is 2.16. The molecule has 1 unspecified atom stereocenters. The molecule has 0 amide bonds. The Labute approximate surface area is 115 Å². The fourth-order valence-corrected chi connectivity index (χ4v) is 1.79. The molecule has 0 aliphatic rings. The molecule has 1 atom stereocenters. The van der Waals surface area contributed by atoms with Gasteiger partial charge in [0.2, 0.25) is 0 Å². The van der Waals surface area contributed by atoms with Crippen LogP contribution in [0.2, 0.25) is 0 Å². The summed E-state index contributed by atoms with van der Waals surface area (Å²) in [6, 6.07) is 7.90. The van der Waals surface area contributed by atoms with Crippen molar-refractivity contribution in [1.29, 1.82) is 0 Å². The van der Waals surface area contributed by atoms with Gasteiger partial charge >= 0.3 is 0 Å². The predicted molar refractivity (Wildman–Crippen MR) is 76.2 cm³/mol. The van der Waals surface area contributed by atoms with Gasteiger partial charge in [-0.2, -0.15) is 0 Å². The standard InChI is InChI=1S/C15H25NO3/c1-15(17,12-16)8-3-4-9-19-14-7-5-6-13(10-14)11-18-2/h5-7,10,17H,3-4,8-9,11-12,16H2,1-2H3. The van der Waals surface area contributed by atoms with Gasteiger partial charge in [-0.3, -0.25) is 0 Å². The summed E-state index contributed by atoms with van der Waals surface area (Å²) in [4.78, 5) is 0. The maximum atomic E-state index is 9.76. The van der Waals surface area contributed by atoms with E-state index in [0.29, 0.717) is 26.2 Å². The number of hydrogen-bond acceptors (Lipinski definition) is 4. The summed E-state index contributed by atoms with van der Waals surface area (Å²) < 4.78 is 10.8. The van der Waals surface area contributed by atoms with Gasteiger partial charge in [0.1, 0.15) is 5.75 Å². The molecule has 0 bridgehead atoms. The van der Waals surface area contributed by atoms with E-state index in [4.69, 9.17) is 15.2 Å². The molecule has 0 saturated heterocycles. The van der Waals surface area contributed by atoms with Gasteiger partial charge in [0.15, 0.2) is 0 Å². The minimum absolute atomic E-state index is 0.299. The van der Waals surface area contributed by atoms with Crippen LogP contribution in [0.3, 0.4) is 0 Å². The second-order valence-corrected chi connectivity index (χ2v) is 5.09. The first kappa shape index (κ1) is 16.0. The topological polar surface area (TPSA) is 64.7 Å². The van der Waals surface area contributed by atoms with Crippen molar-refractivity contribution in [3.05, 3.63) is 29.8 Å². The zero-order valence-electron chi connectivity index (χ0n) is 11.9. The van der Waals surface area contributed by atoms with E-state index in [9.17, 15) is 5.11 Å². The number of hydrogen-bond donors (Lipinski definition) is 2. The molecule has 0 radical (unpaired) electrons. The lowest BCUT2D eigenvalue weighted by Crippen LogP contribution is -2.33. The van der Waals surface area contributed by atoms with Crippen LogP contribution >= 0.6 is 0 Å². The Bertz CT molecular complexity index is 366. The number of ether oxygens (including phenoxy) is 2. The van der Waals surface area contributed by atoms with Gasteiger partial charge in [0.25, 0.3) is 0 Å². The van der Waals surface area contributed by atoms with Crippen LogP contribution in [0.25, 0.3) is 0 Å². The van der Waals surface area contributed by atoms with Crippen LogP contribution in [0.15, 0.2) is 24.3 Å². The van der Waals surface area contributed by atoms with Crippen LogP contribution in [-0.2, 0) is 11.3 Å². The summed E-state index contributed by atoms with van der Waals surface area (Å²) >= 11 is 0. The molecule has 0 aromatic heterocycles. The molecule has 1 aromatic rings. The fraction of sp³-hybridized carbons (Fsp3) is 0.600. The summed E-state index contributed by atoms with van der Waals surface area (Å²) in [5.74, 6) is 0.861. The Morgan fingerprint density at radius 1 is 1.32 bits per heavy atom. The molecular weight excluding hydrogens is 242 g/mol. The molecule has 1 aromatic carbocycles. The van der Waals surface area contributed by atoms with E-state index in [1.54, 1.807) is 14.0 Å². The average molecular weight is 267 g/mol. The largest absolute Gasteiger partial charge is 0.494 e. The highest BCUT2D eigenvalue weighted by molar-refractivity contribution is 5.28. The SMILES string of the molecule is COCc1cccc(OCCCCC(C)(O)CN)c1. The van der Waals surface area contributed by atoms with Crippen molar-refractivity contribution in [1.82, 2.24) is 0 Å². The van der Waals surface area contributed by atoms with E-state index in [0.717, 1.165) is 24.2 Å². The van der Waals surface area contributed by atoms with Crippen molar-refractivity contribution in [2.75, 3.05) is 20.3 Å². The Morgan fingerprint density at radius 3 is 2.79 bits per heavy atom. The van der Waals surface area contributed by atoms with E-state index in [2.05, 4.69) is 0 Å². The lowest BCUT2D eigenvalue weighted by molar-refractivity contribution is 0.0562. The zero-order valence-corrected chi connectivity index (χ0v) is 11.9. The van der Waals surface area contributed by atoms with E-state index in [1.807, 2.05) is 24.3 Å². The number of aliphatic hydroxyl groups is 1. The Morgan fingerprint density at radius 2 is 2.11 bits per heavy atom. The minimum atomic E-state index is -0.752. The zero-order chi connectivity index (χ0) is 14.1. The first-order chi connectivity index (χ1) is 9.07. The maximum absolute atomic E-state index is 9.76. The number of benzene rings is 1. The summed E-state index contributed by atoms with van der Waals surface area (Å²) in [7, 11) is 1.68. The van der Waals surface area contributed by atoms with Gasteiger partial charge in [0.05, 0.1) is 18.8 Å². The highest BCUT2D eigenvalue weighted by atomic mass is 16.5. The lowest BCUT2D eigenvalue weighted by Gasteiger charge is -2.20. The van der Waals surface area contributed by atoms with Crippen LogP contribution in [0, 0.1) is 0 Å². The van der Waals surface area contributed by atoms with Gasteiger partial charge in [-0.25, -0.2) is 0 Å². The lowest BCUT2D eigenvalue weighted by atomic mass is 10.00. The van der Waals surface area contributed by atoms with Gasteiger partial charge < -0.3 is 20.3 Å². The van der Waals surface area contributed by atoms with Crippen LogP contribution in [-0.4, -0.2) is 31.0 Å². The normalized spacial score (nSPS) is 14.1. The van der Waals surface area contributed by atoms with Crippen molar-refractivity contribution >= 4 is 0 Å². The van der Waals surface area contributed by atoms with Crippen LogP contribution in [0.1, 0.15) is 31.7 Å². The molecule has 108 valence electrons. The molecule has 0 fully saturated rings.